The molecule has 6 nitrogen and oxygen atoms in total. The molecule has 1 aromatic rings. The molecule has 3 unspecified atom stereocenters. The van der Waals surface area contributed by atoms with Crippen LogP contribution in [0.15, 0.2) is 24.5 Å². The van der Waals surface area contributed by atoms with Crippen LogP contribution in [0.3, 0.4) is 0 Å². The summed E-state index contributed by atoms with van der Waals surface area (Å²) < 4.78 is 5.98. The molecule has 3 rings (SSSR count). The van der Waals surface area contributed by atoms with Gasteiger partial charge in [-0.25, -0.2) is 0 Å². The lowest BCUT2D eigenvalue weighted by atomic mass is 9.88. The quantitative estimate of drug-likeness (QED) is 0.691. The predicted octanol–water partition coefficient (Wildman–Crippen LogP) is 2.16. The fourth-order valence-corrected chi connectivity index (χ4v) is 4.01. The highest BCUT2D eigenvalue weighted by atomic mass is 35.5. The molecule has 1 aliphatic heterocycles. The van der Waals surface area contributed by atoms with Gasteiger partial charge in [0.2, 0.25) is 5.91 Å². The van der Waals surface area contributed by atoms with Gasteiger partial charge < -0.3 is 15.4 Å². The number of pyridine rings is 1. The zero-order valence-electron chi connectivity index (χ0n) is 16.2. The minimum absolute atomic E-state index is 0. The van der Waals surface area contributed by atoms with Gasteiger partial charge in [0.1, 0.15) is 0 Å². The predicted molar refractivity (Wildman–Crippen MR) is 109 cm³/mol. The number of carbonyl (C=O) groups excluding carboxylic acids is 1. The molecule has 27 heavy (non-hydrogen) atoms. The summed E-state index contributed by atoms with van der Waals surface area (Å²) in [4.78, 5) is 18.8. The molecule has 1 saturated carbocycles. The molecule has 1 aliphatic carbocycles. The summed E-state index contributed by atoms with van der Waals surface area (Å²) in [5.74, 6) is 0.710. The lowest BCUT2D eigenvalue weighted by molar-refractivity contribution is -0.123. The normalized spacial score (nSPS) is 26.2. The van der Waals surface area contributed by atoms with Gasteiger partial charge in [0, 0.05) is 44.6 Å². The molecule has 2 fully saturated rings. The molecule has 3 atom stereocenters. The van der Waals surface area contributed by atoms with Crippen molar-refractivity contribution in [3.05, 3.63) is 30.1 Å². The van der Waals surface area contributed by atoms with E-state index in [9.17, 15) is 4.79 Å². The topological polar surface area (TPSA) is 66.5 Å². The van der Waals surface area contributed by atoms with Crippen molar-refractivity contribution in [2.45, 2.75) is 44.8 Å². The fraction of sp³-hybridized carbons (Fsp3) is 0.700. The van der Waals surface area contributed by atoms with Gasteiger partial charge in [0.05, 0.1) is 19.3 Å². The molecule has 2 heterocycles. The van der Waals surface area contributed by atoms with Crippen LogP contribution in [0.25, 0.3) is 0 Å². The third-order valence-corrected chi connectivity index (χ3v) is 5.56. The van der Waals surface area contributed by atoms with Gasteiger partial charge >= 0.3 is 0 Å². The number of nitrogens with one attached hydrogen (secondary N) is 2. The first kappa shape index (κ1) is 22.1. The van der Waals surface area contributed by atoms with Gasteiger partial charge in [0.25, 0.3) is 0 Å². The summed E-state index contributed by atoms with van der Waals surface area (Å²) in [5, 5.41) is 6.42. The van der Waals surface area contributed by atoms with E-state index < -0.39 is 0 Å². The molecule has 2 aliphatic rings. The van der Waals surface area contributed by atoms with Gasteiger partial charge in [-0.3, -0.25) is 14.7 Å². The number of nitrogens with zero attached hydrogens (tertiary/aromatic N) is 2. The van der Waals surface area contributed by atoms with E-state index in [2.05, 4.69) is 33.5 Å². The maximum Gasteiger partial charge on any atom is 0.234 e. The van der Waals surface area contributed by atoms with E-state index in [4.69, 9.17) is 4.74 Å². The number of aromatic nitrogens is 1. The second-order valence-electron chi connectivity index (χ2n) is 7.50. The van der Waals surface area contributed by atoms with Crippen LogP contribution in [0, 0.1) is 5.92 Å². The minimum Gasteiger partial charge on any atom is -0.376 e. The fourth-order valence-electron chi connectivity index (χ4n) is 4.01. The van der Waals surface area contributed by atoms with Gasteiger partial charge in [-0.15, -0.1) is 12.4 Å². The summed E-state index contributed by atoms with van der Waals surface area (Å²) in [7, 11) is 0. The van der Waals surface area contributed by atoms with Crippen LogP contribution in [0.2, 0.25) is 0 Å². The Labute approximate surface area is 168 Å². The van der Waals surface area contributed by atoms with Crippen molar-refractivity contribution >= 4 is 18.3 Å². The number of halogens is 1. The Morgan fingerprint density at radius 3 is 3.04 bits per heavy atom. The lowest BCUT2D eigenvalue weighted by Gasteiger charge is -2.35. The van der Waals surface area contributed by atoms with Gasteiger partial charge in [-0.2, -0.15) is 0 Å². The van der Waals surface area contributed by atoms with Crippen molar-refractivity contribution in [2.24, 2.45) is 5.92 Å². The number of amides is 1. The van der Waals surface area contributed by atoms with Gasteiger partial charge in [0.15, 0.2) is 0 Å². The lowest BCUT2D eigenvalue weighted by Crippen LogP contribution is -2.49. The Morgan fingerprint density at radius 2 is 2.26 bits per heavy atom. The summed E-state index contributed by atoms with van der Waals surface area (Å²) >= 11 is 0. The van der Waals surface area contributed by atoms with E-state index in [-0.39, 0.29) is 24.4 Å². The number of hydrogen-bond acceptors (Lipinski definition) is 5. The molecule has 2 N–H and O–H groups in total. The maximum absolute atomic E-state index is 12.4. The van der Waals surface area contributed by atoms with E-state index in [1.54, 1.807) is 6.20 Å². The van der Waals surface area contributed by atoms with Crippen molar-refractivity contribution in [3.8, 4) is 0 Å². The molecule has 0 radical (unpaired) electrons. The third-order valence-electron chi connectivity index (χ3n) is 5.56. The second kappa shape index (κ2) is 11.6. The highest BCUT2D eigenvalue weighted by Gasteiger charge is 2.25. The number of piperazine rings is 1. The highest BCUT2D eigenvalue weighted by Crippen LogP contribution is 2.26. The minimum atomic E-state index is 0. The molecular formula is C20H33ClN4O2. The molecular weight excluding hydrogens is 364 g/mol. The number of ether oxygens (including phenoxy) is 1. The first-order valence-corrected chi connectivity index (χ1v) is 9.97. The largest absolute Gasteiger partial charge is 0.376 e. The first-order valence-electron chi connectivity index (χ1n) is 9.97. The third kappa shape index (κ3) is 6.71. The Balaban J connectivity index is 0.00000261. The maximum atomic E-state index is 12.4. The van der Waals surface area contributed by atoms with Crippen LogP contribution in [-0.2, 0) is 9.53 Å². The van der Waals surface area contributed by atoms with Crippen molar-refractivity contribution in [2.75, 3.05) is 39.3 Å². The number of hydrogen-bond donors (Lipinski definition) is 2. The van der Waals surface area contributed by atoms with Crippen molar-refractivity contribution in [1.29, 1.82) is 0 Å². The Hall–Kier alpha value is -1.21. The molecule has 1 aromatic heterocycles. The second-order valence-corrected chi connectivity index (χ2v) is 7.50. The molecule has 0 aromatic carbocycles. The monoisotopic (exact) mass is 396 g/mol. The molecule has 0 bridgehead atoms. The molecule has 0 spiro atoms. The van der Waals surface area contributed by atoms with Gasteiger partial charge in [-0.05, 0) is 30.4 Å². The van der Waals surface area contributed by atoms with Crippen molar-refractivity contribution in [3.63, 3.8) is 0 Å². The average Bonchev–Trinajstić information content (AvgIpc) is 2.68. The Bertz CT molecular complexity index is 560. The van der Waals surface area contributed by atoms with Crippen LogP contribution < -0.4 is 10.6 Å². The summed E-state index contributed by atoms with van der Waals surface area (Å²) in [5.41, 5.74) is 1.15. The van der Waals surface area contributed by atoms with E-state index in [0.717, 1.165) is 31.6 Å². The highest BCUT2D eigenvalue weighted by molar-refractivity contribution is 5.85. The summed E-state index contributed by atoms with van der Waals surface area (Å²) in [6.07, 6.45) is 9.04. The SMILES string of the molecule is CC1CCCCC1OCCNC(=O)CN1CCNCC1c1cccnc1.Cl. The van der Waals surface area contributed by atoms with E-state index in [1.165, 1.54) is 19.3 Å². The molecule has 152 valence electrons. The van der Waals surface area contributed by atoms with Crippen LogP contribution >= 0.6 is 12.4 Å². The Kier molecular flexibility index (Phi) is 9.48. The average molecular weight is 397 g/mol. The number of rotatable bonds is 7. The smallest absolute Gasteiger partial charge is 0.234 e. The van der Waals surface area contributed by atoms with Crippen LogP contribution in [0.1, 0.15) is 44.2 Å². The first-order chi connectivity index (χ1) is 12.7. The zero-order chi connectivity index (χ0) is 18.2. The van der Waals surface area contributed by atoms with Gasteiger partial charge in [-0.1, -0.05) is 25.8 Å². The van der Waals surface area contributed by atoms with E-state index in [0.29, 0.717) is 31.7 Å². The number of carbonyl (C=O) groups is 1. The Morgan fingerprint density at radius 1 is 1.41 bits per heavy atom. The molecule has 7 heteroatoms. The van der Waals surface area contributed by atoms with Crippen molar-refractivity contribution in [1.82, 2.24) is 20.5 Å². The van der Waals surface area contributed by atoms with Crippen LogP contribution in [0.4, 0.5) is 0 Å². The zero-order valence-corrected chi connectivity index (χ0v) is 17.0. The standard InChI is InChI=1S/C20H32N4O2.ClH/c1-16-5-2-3-7-19(16)26-12-10-23-20(25)15-24-11-9-22-14-18(24)17-6-4-8-21-13-17;/h4,6,8,13,16,18-19,22H,2-3,5,7,9-12,14-15H2,1H3,(H,23,25);1H. The van der Waals surface area contributed by atoms with E-state index >= 15 is 0 Å². The van der Waals surface area contributed by atoms with Crippen LogP contribution in [0.5, 0.6) is 0 Å². The summed E-state index contributed by atoms with van der Waals surface area (Å²) in [6, 6.07) is 4.23. The van der Waals surface area contributed by atoms with Crippen molar-refractivity contribution < 1.29 is 9.53 Å². The van der Waals surface area contributed by atoms with Crippen LogP contribution in [-0.4, -0.2) is 61.2 Å². The molecule has 1 saturated heterocycles. The molecule has 1 amide bonds. The summed E-state index contributed by atoms with van der Waals surface area (Å²) in [6.45, 7) is 6.50. The van der Waals surface area contributed by atoms with E-state index in [1.807, 2.05) is 12.3 Å².